The van der Waals surface area contributed by atoms with Crippen molar-refractivity contribution in [1.29, 1.82) is 0 Å². The Morgan fingerprint density at radius 1 is 0.906 bits per heavy atom. The lowest BCUT2D eigenvalue weighted by Crippen LogP contribution is -2.36. The van der Waals surface area contributed by atoms with Gasteiger partial charge in [0.15, 0.2) is 0 Å². The first-order chi connectivity index (χ1) is 15.4. The summed E-state index contributed by atoms with van der Waals surface area (Å²) in [5.74, 6) is -0.418. The molecule has 2 N–H and O–H groups in total. The lowest BCUT2D eigenvalue weighted by Gasteiger charge is -2.28. The first-order valence-electron chi connectivity index (χ1n) is 10.0. The second-order valence-corrected chi connectivity index (χ2v) is 9.32. The van der Waals surface area contributed by atoms with E-state index in [4.69, 9.17) is 16.3 Å². The van der Waals surface area contributed by atoms with Gasteiger partial charge in [-0.3, -0.25) is 9.52 Å². The minimum absolute atomic E-state index is 0.0517. The van der Waals surface area contributed by atoms with Gasteiger partial charge in [-0.1, -0.05) is 23.7 Å². The van der Waals surface area contributed by atoms with Gasteiger partial charge in [-0.05, 0) is 60.7 Å². The molecule has 32 heavy (non-hydrogen) atoms. The number of carbonyl (C=O) groups excluding carboxylic acids is 1. The molecule has 9 heteroatoms. The number of anilines is 3. The Hall–Kier alpha value is -3.07. The van der Waals surface area contributed by atoms with E-state index in [0.29, 0.717) is 23.9 Å². The van der Waals surface area contributed by atoms with Crippen LogP contribution in [0.15, 0.2) is 77.7 Å². The minimum Gasteiger partial charge on any atom is -0.378 e. The number of rotatable bonds is 6. The maximum Gasteiger partial charge on any atom is 0.261 e. The molecule has 1 saturated heterocycles. The Labute approximate surface area is 192 Å². The first kappa shape index (κ1) is 22.1. The highest BCUT2D eigenvalue weighted by Crippen LogP contribution is 2.24. The normalized spacial score (nSPS) is 14.1. The number of ether oxygens (including phenoxy) is 1. The monoisotopic (exact) mass is 471 g/mol. The van der Waals surface area contributed by atoms with E-state index >= 15 is 0 Å². The maximum atomic E-state index is 12.9. The number of hydrogen-bond acceptors (Lipinski definition) is 5. The van der Waals surface area contributed by atoms with Crippen molar-refractivity contribution in [1.82, 2.24) is 0 Å². The summed E-state index contributed by atoms with van der Waals surface area (Å²) in [6.07, 6.45) is 0. The van der Waals surface area contributed by atoms with Crippen molar-refractivity contribution in [2.45, 2.75) is 4.90 Å². The molecule has 0 aromatic heterocycles. The highest BCUT2D eigenvalue weighted by Gasteiger charge is 2.19. The van der Waals surface area contributed by atoms with Gasteiger partial charge in [0.05, 0.1) is 29.4 Å². The predicted molar refractivity (Wildman–Crippen MR) is 126 cm³/mol. The Balaban J connectivity index is 1.49. The van der Waals surface area contributed by atoms with Gasteiger partial charge in [0.1, 0.15) is 0 Å². The van der Waals surface area contributed by atoms with Crippen LogP contribution >= 0.6 is 11.6 Å². The topological polar surface area (TPSA) is 87.7 Å². The Morgan fingerprint density at radius 2 is 1.56 bits per heavy atom. The summed E-state index contributed by atoms with van der Waals surface area (Å²) in [4.78, 5) is 15.2. The molecule has 3 aromatic rings. The first-order valence-corrected chi connectivity index (χ1v) is 11.9. The third-order valence-electron chi connectivity index (χ3n) is 5.04. The number of benzene rings is 3. The summed E-state index contributed by atoms with van der Waals surface area (Å²) >= 11 is 5.84. The summed E-state index contributed by atoms with van der Waals surface area (Å²) in [5, 5.41) is 3.26. The molecule has 0 bridgehead atoms. The number of para-hydroxylation sites is 1. The maximum absolute atomic E-state index is 12.9. The average molecular weight is 472 g/mol. The number of hydrogen-bond donors (Lipinski definition) is 2. The average Bonchev–Trinajstić information content (AvgIpc) is 2.80. The molecule has 7 nitrogen and oxygen atoms in total. The molecular formula is C23H22ClN3O4S. The molecule has 1 heterocycles. The fourth-order valence-corrected chi connectivity index (χ4v) is 4.57. The predicted octanol–water partition coefficient (Wildman–Crippen LogP) is 4.23. The van der Waals surface area contributed by atoms with Gasteiger partial charge in [0.25, 0.3) is 15.9 Å². The third kappa shape index (κ3) is 5.21. The fraction of sp³-hybridized carbons (Fsp3) is 0.174. The highest BCUT2D eigenvalue weighted by atomic mass is 35.5. The molecule has 166 valence electrons. The van der Waals surface area contributed by atoms with Crippen LogP contribution in [0.1, 0.15) is 10.4 Å². The van der Waals surface area contributed by atoms with E-state index in [1.807, 2.05) is 24.3 Å². The molecule has 1 aliphatic heterocycles. The molecule has 1 fully saturated rings. The standard InChI is InChI=1S/C23H22ClN3O4S/c24-17-5-11-20(12-6-17)32(29,30)26-22-4-2-1-3-21(22)23(28)25-18-7-9-19(10-8-18)27-13-15-31-16-14-27/h1-12,26H,13-16H2,(H,25,28). The second kappa shape index (κ2) is 9.60. The van der Waals surface area contributed by atoms with Gasteiger partial charge < -0.3 is 15.0 Å². The number of halogens is 1. The van der Waals surface area contributed by atoms with E-state index in [-0.39, 0.29) is 16.1 Å². The fourth-order valence-electron chi connectivity index (χ4n) is 3.36. The number of nitrogens with one attached hydrogen (secondary N) is 2. The number of amides is 1. The van der Waals surface area contributed by atoms with Gasteiger partial charge >= 0.3 is 0 Å². The van der Waals surface area contributed by atoms with Crippen LogP contribution < -0.4 is 14.9 Å². The van der Waals surface area contributed by atoms with Gasteiger partial charge in [0.2, 0.25) is 0 Å². The Bertz CT molecular complexity index is 1190. The van der Waals surface area contributed by atoms with E-state index in [1.165, 1.54) is 24.3 Å². The summed E-state index contributed by atoms with van der Waals surface area (Å²) in [6, 6.07) is 19.8. The van der Waals surface area contributed by atoms with Crippen molar-refractivity contribution in [3.8, 4) is 0 Å². The summed E-state index contributed by atoms with van der Waals surface area (Å²) < 4.78 is 33.3. The molecule has 0 aliphatic carbocycles. The number of sulfonamides is 1. The number of nitrogens with zero attached hydrogens (tertiary/aromatic N) is 1. The van der Waals surface area contributed by atoms with Gasteiger partial charge in [-0.2, -0.15) is 0 Å². The third-order valence-corrected chi connectivity index (χ3v) is 6.67. The summed E-state index contributed by atoms with van der Waals surface area (Å²) in [7, 11) is -3.88. The SMILES string of the molecule is O=C(Nc1ccc(N2CCOCC2)cc1)c1ccccc1NS(=O)(=O)c1ccc(Cl)cc1. The van der Waals surface area contributed by atoms with E-state index in [2.05, 4.69) is 14.9 Å². The van der Waals surface area contributed by atoms with Crippen LogP contribution in [0.25, 0.3) is 0 Å². The second-order valence-electron chi connectivity index (χ2n) is 7.21. The largest absolute Gasteiger partial charge is 0.378 e. The molecule has 1 amide bonds. The van der Waals surface area contributed by atoms with Crippen molar-refractivity contribution in [2.75, 3.05) is 41.2 Å². The van der Waals surface area contributed by atoms with Crippen LogP contribution in [-0.4, -0.2) is 40.6 Å². The lowest BCUT2D eigenvalue weighted by molar-refractivity contribution is 0.102. The van der Waals surface area contributed by atoms with Crippen LogP contribution in [-0.2, 0) is 14.8 Å². The number of morpholine rings is 1. The zero-order valence-electron chi connectivity index (χ0n) is 17.1. The van der Waals surface area contributed by atoms with Crippen LogP contribution in [0.3, 0.4) is 0 Å². The van der Waals surface area contributed by atoms with Crippen molar-refractivity contribution < 1.29 is 17.9 Å². The van der Waals surface area contributed by atoms with Gasteiger partial charge in [0, 0.05) is 29.5 Å². The molecule has 0 saturated carbocycles. The van der Waals surface area contributed by atoms with Crippen molar-refractivity contribution in [2.24, 2.45) is 0 Å². The highest BCUT2D eigenvalue weighted by molar-refractivity contribution is 7.92. The van der Waals surface area contributed by atoms with Crippen LogP contribution in [0, 0.1) is 0 Å². The Kier molecular flexibility index (Phi) is 6.64. The van der Waals surface area contributed by atoms with Crippen molar-refractivity contribution in [3.63, 3.8) is 0 Å². The Morgan fingerprint density at radius 3 is 2.25 bits per heavy atom. The minimum atomic E-state index is -3.88. The molecule has 0 spiro atoms. The molecule has 1 aliphatic rings. The number of carbonyl (C=O) groups is 1. The van der Waals surface area contributed by atoms with Gasteiger partial charge in [-0.15, -0.1) is 0 Å². The molecule has 4 rings (SSSR count). The zero-order valence-corrected chi connectivity index (χ0v) is 18.7. The van der Waals surface area contributed by atoms with Crippen LogP contribution in [0.4, 0.5) is 17.1 Å². The molecule has 0 radical (unpaired) electrons. The van der Waals surface area contributed by atoms with E-state index in [0.717, 1.165) is 18.8 Å². The smallest absolute Gasteiger partial charge is 0.261 e. The van der Waals surface area contributed by atoms with Gasteiger partial charge in [-0.25, -0.2) is 8.42 Å². The van der Waals surface area contributed by atoms with Crippen molar-refractivity contribution >= 4 is 44.6 Å². The molecule has 0 unspecified atom stereocenters. The molecule has 3 aromatic carbocycles. The summed E-state index contributed by atoms with van der Waals surface area (Å²) in [6.45, 7) is 3.04. The summed E-state index contributed by atoms with van der Waals surface area (Å²) in [5.41, 5.74) is 2.07. The van der Waals surface area contributed by atoms with Crippen molar-refractivity contribution in [3.05, 3.63) is 83.4 Å². The van der Waals surface area contributed by atoms with Crippen LogP contribution in [0.5, 0.6) is 0 Å². The molecular weight excluding hydrogens is 450 g/mol. The van der Waals surface area contributed by atoms with Crippen LogP contribution in [0.2, 0.25) is 5.02 Å². The van der Waals surface area contributed by atoms with E-state index in [1.54, 1.807) is 24.3 Å². The lowest BCUT2D eigenvalue weighted by atomic mass is 10.1. The van der Waals surface area contributed by atoms with E-state index < -0.39 is 15.9 Å². The zero-order chi connectivity index (χ0) is 22.6. The molecule has 0 atom stereocenters. The van der Waals surface area contributed by atoms with E-state index in [9.17, 15) is 13.2 Å². The quantitative estimate of drug-likeness (QED) is 0.561.